The van der Waals surface area contributed by atoms with Gasteiger partial charge in [-0.3, -0.25) is 14.7 Å². The maximum absolute atomic E-state index is 12.9. The minimum Gasteiger partial charge on any atom is -0.368 e. The van der Waals surface area contributed by atoms with E-state index in [2.05, 4.69) is 25.5 Å². The molecule has 136 valence electrons. The fraction of sp³-hybridized carbons (Fsp3) is 0.211. The van der Waals surface area contributed by atoms with Crippen LogP contribution in [-0.4, -0.2) is 32.4 Å². The minimum absolute atomic E-state index is 0.172. The van der Waals surface area contributed by atoms with Crippen LogP contribution in [0.15, 0.2) is 30.5 Å². The molecule has 0 atom stereocenters. The van der Waals surface area contributed by atoms with E-state index in [4.69, 9.17) is 5.73 Å². The first-order valence-electron chi connectivity index (χ1n) is 8.46. The lowest BCUT2D eigenvalue weighted by atomic mass is 9.73. The molecule has 0 unspecified atom stereocenters. The molecule has 2 heterocycles. The van der Waals surface area contributed by atoms with Crippen LogP contribution in [0.5, 0.6) is 0 Å². The van der Waals surface area contributed by atoms with E-state index in [1.807, 2.05) is 13.8 Å². The van der Waals surface area contributed by atoms with Crippen LogP contribution < -0.4 is 11.1 Å². The zero-order chi connectivity index (χ0) is 19.2. The molecular weight excluding hydrogens is 344 g/mol. The van der Waals surface area contributed by atoms with Crippen molar-refractivity contribution in [1.82, 2.24) is 20.2 Å². The first kappa shape index (κ1) is 16.9. The standard InChI is InChI=1S/C19H18N6O2/c1-19(2)7-11-8-21-18(20)23-14(11)15-13(19)16(25-24-15)17(27)22-12-5-3-4-10(6-12)9-26/h3-6,8-9H,7H2,1-2H3,(H,22,27)(H,24,25)(H2,20,21,23). The molecule has 8 heteroatoms. The fourth-order valence-electron chi connectivity index (χ4n) is 3.55. The number of hydrogen-bond donors (Lipinski definition) is 3. The highest BCUT2D eigenvalue weighted by Crippen LogP contribution is 2.42. The predicted molar refractivity (Wildman–Crippen MR) is 101 cm³/mol. The minimum atomic E-state index is -0.353. The Morgan fingerprint density at radius 3 is 2.96 bits per heavy atom. The number of nitrogen functional groups attached to an aromatic ring is 1. The number of fused-ring (bicyclic) bond motifs is 3. The molecule has 0 radical (unpaired) electrons. The molecule has 8 nitrogen and oxygen atoms in total. The molecule has 0 spiro atoms. The third kappa shape index (κ3) is 2.84. The number of H-pyrrole nitrogens is 1. The second-order valence-electron chi connectivity index (χ2n) is 7.18. The van der Waals surface area contributed by atoms with Crippen LogP contribution in [0.25, 0.3) is 11.4 Å². The number of aromatic nitrogens is 4. The van der Waals surface area contributed by atoms with E-state index in [0.29, 0.717) is 34.8 Å². The molecular formula is C19H18N6O2. The Labute approximate surface area is 155 Å². The van der Waals surface area contributed by atoms with E-state index in [9.17, 15) is 9.59 Å². The Morgan fingerprint density at radius 1 is 1.37 bits per heavy atom. The Balaban J connectivity index is 1.76. The number of aldehydes is 1. The number of hydrogen-bond acceptors (Lipinski definition) is 6. The molecule has 0 bridgehead atoms. The highest BCUT2D eigenvalue weighted by molar-refractivity contribution is 6.05. The molecule has 27 heavy (non-hydrogen) atoms. The van der Waals surface area contributed by atoms with Crippen molar-refractivity contribution in [1.29, 1.82) is 0 Å². The molecule has 3 aromatic rings. The first-order chi connectivity index (χ1) is 12.9. The SMILES string of the molecule is CC1(C)Cc2cnc(N)nc2-c2[nH]nc(C(=O)Nc3cccc(C=O)c3)c21. The summed E-state index contributed by atoms with van der Waals surface area (Å²) >= 11 is 0. The summed E-state index contributed by atoms with van der Waals surface area (Å²) in [5.41, 5.74) is 9.81. The third-order valence-corrected chi connectivity index (χ3v) is 4.69. The number of rotatable bonds is 3. The van der Waals surface area contributed by atoms with Gasteiger partial charge >= 0.3 is 0 Å². The van der Waals surface area contributed by atoms with Crippen LogP contribution in [0.4, 0.5) is 11.6 Å². The van der Waals surface area contributed by atoms with Crippen LogP contribution in [0.3, 0.4) is 0 Å². The molecule has 1 amide bonds. The molecule has 1 aromatic carbocycles. The largest absolute Gasteiger partial charge is 0.368 e. The van der Waals surface area contributed by atoms with Gasteiger partial charge in [-0.15, -0.1) is 0 Å². The lowest BCUT2D eigenvalue weighted by molar-refractivity contribution is 0.101. The molecule has 1 aliphatic carbocycles. The number of nitrogens with two attached hydrogens (primary N) is 1. The normalized spacial score (nSPS) is 14.1. The summed E-state index contributed by atoms with van der Waals surface area (Å²) in [5.74, 6) is -0.181. The maximum atomic E-state index is 12.9. The van der Waals surface area contributed by atoms with Crippen molar-refractivity contribution < 1.29 is 9.59 Å². The molecule has 2 aromatic heterocycles. The van der Waals surface area contributed by atoms with Crippen molar-refractivity contribution in [2.75, 3.05) is 11.1 Å². The van der Waals surface area contributed by atoms with Crippen LogP contribution in [0.2, 0.25) is 0 Å². The van der Waals surface area contributed by atoms with E-state index in [1.54, 1.807) is 30.5 Å². The molecule has 1 aliphatic rings. The van der Waals surface area contributed by atoms with E-state index in [-0.39, 0.29) is 17.3 Å². The summed E-state index contributed by atoms with van der Waals surface area (Å²) in [7, 11) is 0. The number of amides is 1. The van der Waals surface area contributed by atoms with Crippen molar-refractivity contribution >= 4 is 23.8 Å². The van der Waals surface area contributed by atoms with Crippen molar-refractivity contribution in [3.63, 3.8) is 0 Å². The van der Waals surface area contributed by atoms with E-state index in [1.165, 1.54) is 0 Å². The Hall–Kier alpha value is -3.55. The number of carbonyl (C=O) groups is 2. The predicted octanol–water partition coefficient (Wildman–Crippen LogP) is 2.35. The Bertz CT molecular complexity index is 1070. The van der Waals surface area contributed by atoms with E-state index in [0.717, 1.165) is 17.4 Å². The molecule has 0 fully saturated rings. The summed E-state index contributed by atoms with van der Waals surface area (Å²) in [4.78, 5) is 32.2. The second-order valence-corrected chi connectivity index (χ2v) is 7.18. The van der Waals surface area contributed by atoms with Crippen LogP contribution in [0, 0.1) is 0 Å². The van der Waals surface area contributed by atoms with Gasteiger partial charge in [0.2, 0.25) is 5.95 Å². The van der Waals surface area contributed by atoms with Crippen LogP contribution in [-0.2, 0) is 11.8 Å². The summed E-state index contributed by atoms with van der Waals surface area (Å²) in [6.07, 6.45) is 3.11. The Kier molecular flexibility index (Phi) is 3.76. The average Bonchev–Trinajstić information content (AvgIpc) is 3.09. The van der Waals surface area contributed by atoms with Gasteiger partial charge in [-0.25, -0.2) is 9.97 Å². The topological polar surface area (TPSA) is 127 Å². The molecule has 0 saturated carbocycles. The average molecular weight is 362 g/mol. The van der Waals surface area contributed by atoms with Crippen molar-refractivity contribution in [2.24, 2.45) is 0 Å². The monoisotopic (exact) mass is 362 g/mol. The van der Waals surface area contributed by atoms with Crippen LogP contribution in [0.1, 0.15) is 45.8 Å². The van der Waals surface area contributed by atoms with Gasteiger partial charge in [0.05, 0.1) is 11.4 Å². The lowest BCUT2D eigenvalue weighted by Gasteiger charge is -2.31. The van der Waals surface area contributed by atoms with E-state index >= 15 is 0 Å². The molecule has 4 N–H and O–H groups in total. The van der Waals surface area contributed by atoms with Crippen molar-refractivity contribution in [3.05, 3.63) is 52.8 Å². The zero-order valence-electron chi connectivity index (χ0n) is 14.9. The number of nitrogens with zero attached hydrogens (tertiary/aromatic N) is 3. The van der Waals surface area contributed by atoms with Crippen molar-refractivity contribution in [2.45, 2.75) is 25.7 Å². The maximum Gasteiger partial charge on any atom is 0.276 e. The van der Waals surface area contributed by atoms with Crippen molar-refractivity contribution in [3.8, 4) is 11.4 Å². The third-order valence-electron chi connectivity index (χ3n) is 4.69. The van der Waals surface area contributed by atoms with Gasteiger partial charge < -0.3 is 11.1 Å². The van der Waals surface area contributed by atoms with Gasteiger partial charge in [-0.2, -0.15) is 5.10 Å². The number of aromatic amines is 1. The molecule has 0 aliphatic heterocycles. The molecule has 0 saturated heterocycles. The number of carbonyl (C=O) groups excluding carboxylic acids is 2. The Morgan fingerprint density at radius 2 is 2.19 bits per heavy atom. The smallest absolute Gasteiger partial charge is 0.276 e. The first-order valence-corrected chi connectivity index (χ1v) is 8.46. The second kappa shape index (κ2) is 6.01. The van der Waals surface area contributed by atoms with Gasteiger partial charge in [0.1, 0.15) is 6.29 Å². The highest BCUT2D eigenvalue weighted by atomic mass is 16.2. The van der Waals surface area contributed by atoms with Gasteiger partial charge in [0.25, 0.3) is 5.91 Å². The van der Waals surface area contributed by atoms with Gasteiger partial charge in [0, 0.05) is 23.0 Å². The highest BCUT2D eigenvalue weighted by Gasteiger charge is 2.38. The quantitative estimate of drug-likeness (QED) is 0.614. The lowest BCUT2D eigenvalue weighted by Crippen LogP contribution is -2.29. The number of anilines is 2. The summed E-state index contributed by atoms with van der Waals surface area (Å²) < 4.78 is 0. The van der Waals surface area contributed by atoms with Gasteiger partial charge in [-0.05, 0) is 29.5 Å². The summed E-state index contributed by atoms with van der Waals surface area (Å²) in [6.45, 7) is 4.09. The molecule has 4 rings (SSSR count). The van der Waals surface area contributed by atoms with Crippen LogP contribution >= 0.6 is 0 Å². The zero-order valence-corrected chi connectivity index (χ0v) is 14.9. The number of nitrogens with one attached hydrogen (secondary N) is 2. The van der Waals surface area contributed by atoms with E-state index < -0.39 is 0 Å². The fourth-order valence-corrected chi connectivity index (χ4v) is 3.55. The van der Waals surface area contributed by atoms with Gasteiger partial charge in [-0.1, -0.05) is 26.0 Å². The summed E-state index contributed by atoms with van der Waals surface area (Å²) in [5, 5.41) is 10.00. The summed E-state index contributed by atoms with van der Waals surface area (Å²) in [6, 6.07) is 6.71. The van der Waals surface area contributed by atoms with Gasteiger partial charge in [0.15, 0.2) is 5.69 Å². The number of benzene rings is 1.